The van der Waals surface area contributed by atoms with E-state index in [1.165, 1.54) is 47.5 Å². The first-order valence-corrected chi connectivity index (χ1v) is 9.34. The van der Waals surface area contributed by atoms with Crippen LogP contribution < -0.4 is 10.2 Å². The zero-order chi connectivity index (χ0) is 22.4. The van der Waals surface area contributed by atoms with Crippen molar-refractivity contribution in [1.29, 1.82) is 0 Å². The average molecular weight is 425 g/mol. The molecule has 0 fully saturated rings. The number of hydrogen-bond donors (Lipinski definition) is 1. The zero-order valence-corrected chi connectivity index (χ0v) is 16.6. The van der Waals surface area contributed by atoms with Gasteiger partial charge in [-0.1, -0.05) is 0 Å². The highest BCUT2D eigenvalue weighted by Crippen LogP contribution is 2.26. The smallest absolute Gasteiger partial charge is 0.325 e. The van der Waals surface area contributed by atoms with E-state index in [0.717, 1.165) is 0 Å². The Balaban J connectivity index is 1.74. The van der Waals surface area contributed by atoms with Gasteiger partial charge in [0.05, 0.1) is 17.7 Å². The molecule has 10 heteroatoms. The van der Waals surface area contributed by atoms with Crippen LogP contribution in [0.1, 0.15) is 22.8 Å². The van der Waals surface area contributed by atoms with Crippen molar-refractivity contribution < 1.29 is 28.8 Å². The van der Waals surface area contributed by atoms with Crippen LogP contribution in [0, 0.1) is 10.1 Å². The van der Waals surface area contributed by atoms with Crippen LogP contribution in [0.3, 0.4) is 0 Å². The molecule has 0 aromatic heterocycles. The van der Waals surface area contributed by atoms with Crippen LogP contribution in [0.25, 0.3) is 5.76 Å². The van der Waals surface area contributed by atoms with Gasteiger partial charge in [0.2, 0.25) is 0 Å². The molecule has 2 aromatic carbocycles. The Kier molecular flexibility index (Phi) is 6.61. The van der Waals surface area contributed by atoms with Gasteiger partial charge in [0, 0.05) is 28.9 Å². The van der Waals surface area contributed by atoms with E-state index in [-0.39, 0.29) is 31.4 Å². The summed E-state index contributed by atoms with van der Waals surface area (Å²) in [5.74, 6) is -0.916. The van der Waals surface area contributed by atoms with E-state index in [4.69, 9.17) is 9.47 Å². The highest BCUT2D eigenvalue weighted by atomic mass is 16.6. The van der Waals surface area contributed by atoms with Crippen LogP contribution >= 0.6 is 0 Å². The lowest BCUT2D eigenvalue weighted by Gasteiger charge is -2.25. The Bertz CT molecular complexity index is 1030. The summed E-state index contributed by atoms with van der Waals surface area (Å²) < 4.78 is 10.2. The molecule has 3 rings (SSSR count). The Morgan fingerprint density at radius 1 is 1.16 bits per heavy atom. The van der Waals surface area contributed by atoms with E-state index in [0.29, 0.717) is 22.6 Å². The lowest BCUT2D eigenvalue weighted by Crippen LogP contribution is -2.33. The van der Waals surface area contributed by atoms with Gasteiger partial charge in [-0.3, -0.25) is 29.4 Å². The topological polar surface area (TPSA) is 128 Å². The van der Waals surface area contributed by atoms with E-state index in [2.05, 4.69) is 5.32 Å². The van der Waals surface area contributed by atoms with Crippen LogP contribution in [0.4, 0.5) is 11.4 Å². The second kappa shape index (κ2) is 9.53. The number of hydrogen-bond acceptors (Lipinski definition) is 7. The molecule has 0 spiro atoms. The van der Waals surface area contributed by atoms with E-state index in [9.17, 15) is 24.5 Å². The number of carbonyl (C=O) groups excluding carboxylic acids is 3. The molecule has 1 aliphatic heterocycles. The van der Waals surface area contributed by atoms with Gasteiger partial charge in [-0.2, -0.15) is 0 Å². The number of nitrogens with zero attached hydrogens (tertiary/aromatic N) is 2. The second-order valence-electron chi connectivity index (χ2n) is 6.38. The summed E-state index contributed by atoms with van der Waals surface area (Å²) in [7, 11) is 0. The molecule has 10 nitrogen and oxygen atoms in total. The van der Waals surface area contributed by atoms with Gasteiger partial charge >= 0.3 is 5.97 Å². The third kappa shape index (κ3) is 5.24. The Hall–Kier alpha value is -4.21. The summed E-state index contributed by atoms with van der Waals surface area (Å²) in [6, 6.07) is 12.0. The lowest BCUT2D eigenvalue weighted by molar-refractivity contribution is -0.384. The quantitative estimate of drug-likeness (QED) is 0.409. The largest absolute Gasteiger partial charge is 0.482 e. The van der Waals surface area contributed by atoms with E-state index < -0.39 is 16.8 Å². The Morgan fingerprint density at radius 2 is 1.84 bits per heavy atom. The lowest BCUT2D eigenvalue weighted by atomic mass is 10.1. The predicted molar refractivity (Wildman–Crippen MR) is 110 cm³/mol. The monoisotopic (exact) mass is 425 g/mol. The van der Waals surface area contributed by atoms with Crippen molar-refractivity contribution in [1.82, 2.24) is 5.32 Å². The molecular formula is C21H19N3O7. The number of anilines is 1. The molecule has 1 aliphatic rings. The predicted octanol–water partition coefficient (Wildman–Crippen LogP) is 2.25. The van der Waals surface area contributed by atoms with Gasteiger partial charge in [0.15, 0.2) is 6.61 Å². The number of carbonyl (C=O) groups is 3. The van der Waals surface area contributed by atoms with Crippen molar-refractivity contribution in [2.75, 3.05) is 24.7 Å². The summed E-state index contributed by atoms with van der Waals surface area (Å²) in [5.41, 5.74) is 1.35. The second-order valence-corrected chi connectivity index (χ2v) is 6.38. The number of ether oxygens (including phenoxy) is 2. The molecule has 0 saturated carbocycles. The fraction of sp³-hybridized carbons (Fsp3) is 0.190. The van der Waals surface area contributed by atoms with Gasteiger partial charge in [-0.25, -0.2) is 0 Å². The van der Waals surface area contributed by atoms with Crippen LogP contribution in [0.5, 0.6) is 0 Å². The number of esters is 1. The molecule has 0 unspecified atom stereocenters. The number of nitrogens with one attached hydrogen (secondary N) is 1. The molecule has 1 N–H and O–H groups in total. The van der Waals surface area contributed by atoms with Gasteiger partial charge in [0.1, 0.15) is 12.3 Å². The highest BCUT2D eigenvalue weighted by Gasteiger charge is 2.23. The maximum atomic E-state index is 12.3. The van der Waals surface area contributed by atoms with Crippen LogP contribution in [-0.4, -0.2) is 42.5 Å². The van der Waals surface area contributed by atoms with E-state index in [1.54, 1.807) is 19.1 Å². The Morgan fingerprint density at radius 3 is 2.45 bits per heavy atom. The summed E-state index contributed by atoms with van der Waals surface area (Å²) in [6.07, 6.45) is 1.49. The average Bonchev–Trinajstić information content (AvgIpc) is 2.78. The maximum Gasteiger partial charge on any atom is 0.325 e. The number of rotatable bonds is 7. The summed E-state index contributed by atoms with van der Waals surface area (Å²) in [6.45, 7) is 1.46. The first-order valence-electron chi connectivity index (χ1n) is 9.34. The van der Waals surface area contributed by atoms with Crippen molar-refractivity contribution in [3.8, 4) is 0 Å². The molecule has 1 heterocycles. The van der Waals surface area contributed by atoms with E-state index in [1.807, 2.05) is 0 Å². The fourth-order valence-electron chi connectivity index (χ4n) is 2.80. The van der Waals surface area contributed by atoms with Crippen LogP contribution in [0.15, 0.2) is 54.7 Å². The molecule has 160 valence electrons. The number of amides is 2. The number of non-ortho nitro benzene ring substituents is 1. The first kappa shape index (κ1) is 21.5. The first-order chi connectivity index (χ1) is 14.9. The molecule has 0 bridgehead atoms. The fourth-order valence-corrected chi connectivity index (χ4v) is 2.80. The standard InChI is InChI=1S/C21H19N3O7/c1-2-30-20(26)11-22-21(27)15-5-7-16(8-6-15)23-12-18(31-13-19(23)25)14-3-9-17(10-4-14)24(28)29/h3-10,12H,2,11,13H2,1H3,(H,22,27). The van der Waals surface area contributed by atoms with Crippen molar-refractivity contribution >= 4 is 34.9 Å². The van der Waals surface area contributed by atoms with Crippen LogP contribution in [-0.2, 0) is 19.1 Å². The van der Waals surface area contributed by atoms with Gasteiger partial charge in [-0.05, 0) is 43.3 Å². The molecule has 2 aromatic rings. The van der Waals surface area contributed by atoms with Crippen molar-refractivity contribution in [2.45, 2.75) is 6.92 Å². The van der Waals surface area contributed by atoms with Crippen LogP contribution in [0.2, 0.25) is 0 Å². The van der Waals surface area contributed by atoms with Gasteiger partial charge in [-0.15, -0.1) is 0 Å². The minimum absolute atomic E-state index is 0.0510. The minimum atomic E-state index is -0.532. The SMILES string of the molecule is CCOC(=O)CNC(=O)c1ccc(N2C=C(c3ccc([N+](=O)[O-])cc3)OCC2=O)cc1. The minimum Gasteiger partial charge on any atom is -0.482 e. The molecule has 0 radical (unpaired) electrons. The molecule has 31 heavy (non-hydrogen) atoms. The van der Waals surface area contributed by atoms with E-state index >= 15 is 0 Å². The molecule has 0 saturated heterocycles. The molecule has 2 amide bonds. The number of nitro benzene ring substituents is 1. The maximum absolute atomic E-state index is 12.3. The van der Waals surface area contributed by atoms with Crippen molar-refractivity contribution in [2.24, 2.45) is 0 Å². The highest BCUT2D eigenvalue weighted by molar-refractivity contribution is 6.00. The molecule has 0 aliphatic carbocycles. The van der Waals surface area contributed by atoms with Crippen molar-refractivity contribution in [3.05, 3.63) is 76.0 Å². The van der Waals surface area contributed by atoms with Gasteiger partial charge < -0.3 is 14.8 Å². The van der Waals surface area contributed by atoms with Gasteiger partial charge in [0.25, 0.3) is 17.5 Å². The Labute approximate surface area is 177 Å². The summed E-state index contributed by atoms with van der Waals surface area (Å²) in [4.78, 5) is 47.5. The zero-order valence-electron chi connectivity index (χ0n) is 16.6. The summed E-state index contributed by atoms with van der Waals surface area (Å²) >= 11 is 0. The number of benzene rings is 2. The molecular weight excluding hydrogens is 406 g/mol. The summed E-state index contributed by atoms with van der Waals surface area (Å²) in [5, 5.41) is 13.3. The van der Waals surface area contributed by atoms with Crippen molar-refractivity contribution in [3.63, 3.8) is 0 Å². The number of nitro groups is 1. The molecule has 0 atom stereocenters. The normalized spacial score (nSPS) is 13.1. The third-order valence-electron chi connectivity index (χ3n) is 4.34. The third-order valence-corrected chi connectivity index (χ3v) is 4.34.